The number of hydrogen-bond donors (Lipinski definition) is 0. The number of aromatic nitrogens is 2. The van der Waals surface area contributed by atoms with Gasteiger partial charge in [-0.25, -0.2) is 4.68 Å². The smallest absolute Gasteiger partial charge is 0.150 e. The van der Waals surface area contributed by atoms with Crippen LogP contribution < -0.4 is 0 Å². The summed E-state index contributed by atoms with van der Waals surface area (Å²) >= 11 is 0. The second-order valence-electron chi connectivity index (χ2n) is 5.92. The van der Waals surface area contributed by atoms with Crippen molar-refractivity contribution >= 4 is 10.9 Å². The molecule has 1 aromatic heterocycles. The molecular weight excluding hydrogens is 250 g/mol. The van der Waals surface area contributed by atoms with E-state index in [-0.39, 0.29) is 6.23 Å². The second-order valence-corrected chi connectivity index (χ2v) is 5.92. The maximum atomic E-state index is 9.24. The topological polar surface area (TPSA) is 50.8 Å². The summed E-state index contributed by atoms with van der Waals surface area (Å²) in [6, 6.07) is 8.47. The van der Waals surface area contributed by atoms with Crippen molar-refractivity contribution in [2.45, 2.75) is 44.8 Å². The summed E-state index contributed by atoms with van der Waals surface area (Å²) < 4.78 is 7.77. The molecule has 1 aromatic carbocycles. The van der Waals surface area contributed by atoms with Crippen LogP contribution in [0.1, 0.15) is 44.9 Å². The van der Waals surface area contributed by atoms with E-state index in [1.165, 1.54) is 6.42 Å². The predicted octanol–water partition coefficient (Wildman–Crippen LogP) is 3.54. The molecule has 0 radical (unpaired) electrons. The SMILES string of the molecule is CC(C)(C#N)c1ccc2c(cnn2C2CCCCO2)c1. The first-order valence-corrected chi connectivity index (χ1v) is 7.12. The van der Waals surface area contributed by atoms with Crippen LogP contribution in [0.2, 0.25) is 0 Å². The van der Waals surface area contributed by atoms with Gasteiger partial charge in [-0.1, -0.05) is 6.07 Å². The summed E-state index contributed by atoms with van der Waals surface area (Å²) in [4.78, 5) is 0. The van der Waals surface area contributed by atoms with Crippen molar-refractivity contribution < 1.29 is 4.74 Å². The van der Waals surface area contributed by atoms with Crippen LogP contribution in [-0.2, 0) is 10.2 Å². The van der Waals surface area contributed by atoms with Gasteiger partial charge in [0.25, 0.3) is 0 Å². The Labute approximate surface area is 119 Å². The summed E-state index contributed by atoms with van der Waals surface area (Å²) in [6.07, 6.45) is 5.25. The maximum Gasteiger partial charge on any atom is 0.150 e. The van der Waals surface area contributed by atoms with Gasteiger partial charge in [0.15, 0.2) is 6.23 Å². The first-order valence-electron chi connectivity index (χ1n) is 7.12. The van der Waals surface area contributed by atoms with E-state index in [0.29, 0.717) is 0 Å². The van der Waals surface area contributed by atoms with Gasteiger partial charge in [-0.3, -0.25) is 0 Å². The van der Waals surface area contributed by atoms with Gasteiger partial charge < -0.3 is 4.74 Å². The van der Waals surface area contributed by atoms with Crippen molar-refractivity contribution in [1.29, 1.82) is 5.26 Å². The fourth-order valence-electron chi connectivity index (χ4n) is 2.65. The highest BCUT2D eigenvalue weighted by Crippen LogP contribution is 2.29. The molecule has 0 N–H and O–H groups in total. The fraction of sp³-hybridized carbons (Fsp3) is 0.500. The van der Waals surface area contributed by atoms with Crippen molar-refractivity contribution in [2.24, 2.45) is 0 Å². The van der Waals surface area contributed by atoms with Crippen molar-refractivity contribution in [3.05, 3.63) is 30.0 Å². The quantitative estimate of drug-likeness (QED) is 0.838. The molecule has 20 heavy (non-hydrogen) atoms. The third kappa shape index (κ3) is 2.19. The number of rotatable bonds is 2. The molecule has 0 bridgehead atoms. The van der Waals surface area contributed by atoms with Crippen molar-refractivity contribution in [3.8, 4) is 6.07 Å². The number of nitriles is 1. The molecule has 1 aliphatic rings. The van der Waals surface area contributed by atoms with Crippen LogP contribution in [0.4, 0.5) is 0 Å². The zero-order valence-electron chi connectivity index (χ0n) is 12.0. The molecule has 4 nitrogen and oxygen atoms in total. The standard InChI is InChI=1S/C16H19N3O/c1-16(2,11-17)13-6-7-14-12(9-13)10-18-19(14)15-5-3-4-8-20-15/h6-7,9-10,15H,3-5,8H2,1-2H3. The van der Waals surface area contributed by atoms with Gasteiger partial charge in [0.2, 0.25) is 0 Å². The van der Waals surface area contributed by atoms with Crippen molar-refractivity contribution in [1.82, 2.24) is 9.78 Å². The minimum absolute atomic E-state index is 0.0519. The van der Waals surface area contributed by atoms with Gasteiger partial charge >= 0.3 is 0 Å². The van der Waals surface area contributed by atoms with Crippen molar-refractivity contribution in [2.75, 3.05) is 6.61 Å². The average molecular weight is 269 g/mol. The molecule has 0 amide bonds. The van der Waals surface area contributed by atoms with Crippen LogP contribution in [0.25, 0.3) is 10.9 Å². The Morgan fingerprint density at radius 3 is 2.95 bits per heavy atom. The van der Waals surface area contributed by atoms with E-state index in [4.69, 9.17) is 4.74 Å². The number of nitrogens with zero attached hydrogens (tertiary/aromatic N) is 3. The van der Waals surface area contributed by atoms with E-state index < -0.39 is 5.41 Å². The monoisotopic (exact) mass is 269 g/mol. The van der Waals surface area contributed by atoms with Crippen LogP contribution in [0.15, 0.2) is 24.4 Å². The summed E-state index contributed by atoms with van der Waals surface area (Å²) in [7, 11) is 0. The lowest BCUT2D eigenvalue weighted by atomic mass is 9.86. The highest BCUT2D eigenvalue weighted by Gasteiger charge is 2.22. The van der Waals surface area contributed by atoms with E-state index >= 15 is 0 Å². The van der Waals surface area contributed by atoms with E-state index in [1.54, 1.807) is 0 Å². The van der Waals surface area contributed by atoms with Crippen LogP contribution in [0.3, 0.4) is 0 Å². The van der Waals surface area contributed by atoms with Crippen LogP contribution in [-0.4, -0.2) is 16.4 Å². The largest absolute Gasteiger partial charge is 0.356 e. The van der Waals surface area contributed by atoms with Gasteiger partial charge in [0.1, 0.15) is 0 Å². The number of hydrogen-bond acceptors (Lipinski definition) is 3. The molecule has 0 aliphatic carbocycles. The normalized spacial score (nSPS) is 19.9. The first-order chi connectivity index (χ1) is 9.62. The Hall–Kier alpha value is -1.86. The lowest BCUT2D eigenvalue weighted by Crippen LogP contribution is -2.19. The molecule has 3 rings (SSSR count). The van der Waals surface area contributed by atoms with E-state index in [9.17, 15) is 5.26 Å². The fourth-order valence-corrected chi connectivity index (χ4v) is 2.65. The maximum absolute atomic E-state index is 9.24. The molecule has 1 fully saturated rings. The summed E-state index contributed by atoms with van der Waals surface area (Å²) in [6.45, 7) is 4.68. The Morgan fingerprint density at radius 2 is 2.25 bits per heavy atom. The number of benzene rings is 1. The zero-order chi connectivity index (χ0) is 14.2. The van der Waals surface area contributed by atoms with Crippen molar-refractivity contribution in [3.63, 3.8) is 0 Å². The lowest BCUT2D eigenvalue weighted by Gasteiger charge is -2.23. The van der Waals surface area contributed by atoms with Gasteiger partial charge in [0, 0.05) is 12.0 Å². The highest BCUT2D eigenvalue weighted by molar-refractivity contribution is 5.80. The second kappa shape index (κ2) is 4.92. The number of fused-ring (bicyclic) bond motifs is 1. The molecule has 104 valence electrons. The lowest BCUT2D eigenvalue weighted by molar-refractivity contribution is -0.0366. The predicted molar refractivity (Wildman–Crippen MR) is 77.2 cm³/mol. The van der Waals surface area contributed by atoms with Crippen LogP contribution in [0, 0.1) is 11.3 Å². The summed E-state index contributed by atoms with van der Waals surface area (Å²) in [5, 5.41) is 14.8. The number of ether oxygens (including phenoxy) is 1. The molecule has 1 atom stereocenters. The Balaban J connectivity index is 2.00. The molecular formula is C16H19N3O. The van der Waals surface area contributed by atoms with E-state index in [2.05, 4.69) is 23.3 Å². The Morgan fingerprint density at radius 1 is 1.40 bits per heavy atom. The molecule has 0 saturated carbocycles. The van der Waals surface area contributed by atoms with Crippen LogP contribution in [0.5, 0.6) is 0 Å². The first kappa shape index (κ1) is 13.1. The molecule has 1 unspecified atom stereocenters. The molecule has 0 spiro atoms. The van der Waals surface area contributed by atoms with Gasteiger partial charge in [-0.15, -0.1) is 0 Å². The molecule has 1 saturated heterocycles. The van der Waals surface area contributed by atoms with Gasteiger partial charge in [-0.05, 0) is 50.8 Å². The third-order valence-corrected chi connectivity index (χ3v) is 4.03. The van der Waals surface area contributed by atoms with E-state index in [1.807, 2.05) is 30.8 Å². The average Bonchev–Trinajstić information content (AvgIpc) is 2.91. The highest BCUT2D eigenvalue weighted by atomic mass is 16.5. The molecule has 2 aromatic rings. The Bertz CT molecular complexity index is 660. The third-order valence-electron chi connectivity index (χ3n) is 4.03. The molecule has 1 aliphatic heterocycles. The zero-order valence-corrected chi connectivity index (χ0v) is 12.0. The molecule has 4 heteroatoms. The van der Waals surface area contributed by atoms with Gasteiger partial charge in [0.05, 0.1) is 23.2 Å². The Kier molecular flexibility index (Phi) is 3.23. The van der Waals surface area contributed by atoms with Crippen LogP contribution >= 0.6 is 0 Å². The minimum Gasteiger partial charge on any atom is -0.356 e. The summed E-state index contributed by atoms with van der Waals surface area (Å²) in [5.74, 6) is 0. The summed E-state index contributed by atoms with van der Waals surface area (Å²) in [5.41, 5.74) is 1.63. The van der Waals surface area contributed by atoms with Gasteiger partial charge in [-0.2, -0.15) is 10.4 Å². The van der Waals surface area contributed by atoms with E-state index in [0.717, 1.165) is 35.9 Å². The minimum atomic E-state index is -0.475. The molecule has 2 heterocycles.